The molecule has 0 aliphatic heterocycles. The molecule has 2 rings (SSSR count). The molecule has 0 bridgehead atoms. The van der Waals surface area contributed by atoms with Crippen LogP contribution in [0.2, 0.25) is 0 Å². The summed E-state index contributed by atoms with van der Waals surface area (Å²) in [5.41, 5.74) is 0.117. The zero-order valence-corrected chi connectivity index (χ0v) is 11.5. The van der Waals surface area contributed by atoms with Crippen LogP contribution in [0.5, 0.6) is 0 Å². The Morgan fingerprint density at radius 1 is 1.11 bits per heavy atom. The molecule has 0 saturated heterocycles. The van der Waals surface area contributed by atoms with Crippen molar-refractivity contribution in [1.82, 2.24) is 5.32 Å². The maximum atomic E-state index is 13.8. The molecule has 0 aliphatic rings. The Kier molecular flexibility index (Phi) is 4.27. The van der Waals surface area contributed by atoms with Crippen molar-refractivity contribution in [1.29, 1.82) is 0 Å². The standard InChI is InChI=1S/C14H14F3NS/c1-3-8-4-7-11(19-8)14(18-2)9-5-6-10(15)13(17)12(9)16/h4-7,14,18H,3H2,1-2H3. The highest BCUT2D eigenvalue weighted by Gasteiger charge is 2.22. The van der Waals surface area contributed by atoms with E-state index < -0.39 is 23.5 Å². The maximum Gasteiger partial charge on any atom is 0.194 e. The van der Waals surface area contributed by atoms with Gasteiger partial charge in [0.05, 0.1) is 6.04 Å². The van der Waals surface area contributed by atoms with Crippen LogP contribution in [0.15, 0.2) is 24.3 Å². The Bertz CT molecular complexity index is 580. The smallest absolute Gasteiger partial charge is 0.194 e. The average molecular weight is 285 g/mol. The minimum Gasteiger partial charge on any atom is -0.309 e. The van der Waals surface area contributed by atoms with E-state index in [2.05, 4.69) is 5.32 Å². The Balaban J connectivity index is 2.45. The van der Waals surface area contributed by atoms with Crippen LogP contribution in [-0.4, -0.2) is 7.05 Å². The molecule has 0 saturated carbocycles. The monoisotopic (exact) mass is 285 g/mol. The molecule has 1 aromatic heterocycles. The van der Waals surface area contributed by atoms with Crippen LogP contribution < -0.4 is 5.32 Å². The van der Waals surface area contributed by atoms with Crippen molar-refractivity contribution in [2.45, 2.75) is 19.4 Å². The van der Waals surface area contributed by atoms with E-state index in [0.717, 1.165) is 17.4 Å². The van der Waals surface area contributed by atoms with Gasteiger partial charge in [0, 0.05) is 15.3 Å². The molecule has 0 aliphatic carbocycles. The third-order valence-electron chi connectivity index (χ3n) is 2.98. The van der Waals surface area contributed by atoms with Crippen LogP contribution >= 0.6 is 11.3 Å². The normalized spacial score (nSPS) is 12.7. The molecule has 1 nitrogen and oxygen atoms in total. The van der Waals surface area contributed by atoms with Gasteiger partial charge in [0.1, 0.15) is 0 Å². The molecule has 19 heavy (non-hydrogen) atoms. The van der Waals surface area contributed by atoms with Crippen LogP contribution in [0.25, 0.3) is 0 Å². The molecule has 1 heterocycles. The topological polar surface area (TPSA) is 12.0 Å². The molecule has 2 aromatic rings. The fourth-order valence-corrected chi connectivity index (χ4v) is 3.04. The zero-order chi connectivity index (χ0) is 14.0. The summed E-state index contributed by atoms with van der Waals surface area (Å²) >= 11 is 1.53. The molecule has 1 atom stereocenters. The van der Waals surface area contributed by atoms with Crippen LogP contribution in [-0.2, 0) is 6.42 Å². The molecule has 1 unspecified atom stereocenters. The molecule has 0 radical (unpaired) electrons. The van der Waals surface area contributed by atoms with E-state index in [-0.39, 0.29) is 5.56 Å². The van der Waals surface area contributed by atoms with Gasteiger partial charge < -0.3 is 5.32 Å². The molecule has 1 N–H and O–H groups in total. The second kappa shape index (κ2) is 5.75. The number of hydrogen-bond donors (Lipinski definition) is 1. The number of thiophene rings is 1. The average Bonchev–Trinajstić information content (AvgIpc) is 2.88. The van der Waals surface area contributed by atoms with Gasteiger partial charge in [-0.2, -0.15) is 0 Å². The van der Waals surface area contributed by atoms with Gasteiger partial charge in [-0.3, -0.25) is 0 Å². The quantitative estimate of drug-likeness (QED) is 0.836. The fraction of sp³-hybridized carbons (Fsp3) is 0.286. The van der Waals surface area contributed by atoms with Gasteiger partial charge in [-0.25, -0.2) is 13.2 Å². The van der Waals surface area contributed by atoms with Crippen molar-refractivity contribution < 1.29 is 13.2 Å². The molecule has 0 fully saturated rings. The predicted molar refractivity (Wildman–Crippen MR) is 70.9 cm³/mol. The lowest BCUT2D eigenvalue weighted by Gasteiger charge is -2.16. The Morgan fingerprint density at radius 2 is 1.84 bits per heavy atom. The number of hydrogen-bond acceptors (Lipinski definition) is 2. The maximum absolute atomic E-state index is 13.8. The summed E-state index contributed by atoms with van der Waals surface area (Å²) in [5, 5.41) is 2.94. The van der Waals surface area contributed by atoms with Crippen LogP contribution in [0.3, 0.4) is 0 Å². The highest BCUT2D eigenvalue weighted by atomic mass is 32.1. The van der Waals surface area contributed by atoms with Gasteiger partial charge in [0.25, 0.3) is 0 Å². The largest absolute Gasteiger partial charge is 0.309 e. The van der Waals surface area contributed by atoms with E-state index in [1.165, 1.54) is 22.3 Å². The lowest BCUT2D eigenvalue weighted by Crippen LogP contribution is -2.18. The molecule has 0 amide bonds. The third kappa shape index (κ3) is 2.67. The predicted octanol–water partition coefficient (Wildman–Crippen LogP) is 4.04. The highest BCUT2D eigenvalue weighted by Crippen LogP contribution is 2.31. The highest BCUT2D eigenvalue weighted by molar-refractivity contribution is 7.12. The SMILES string of the molecule is CCc1ccc(C(NC)c2ccc(F)c(F)c2F)s1. The van der Waals surface area contributed by atoms with E-state index in [9.17, 15) is 13.2 Å². The summed E-state index contributed by atoms with van der Waals surface area (Å²) in [4.78, 5) is 2.04. The number of halogens is 3. The first-order valence-corrected chi connectivity index (χ1v) is 6.79. The molecule has 1 aromatic carbocycles. The lowest BCUT2D eigenvalue weighted by atomic mass is 10.0. The number of benzene rings is 1. The second-order valence-electron chi connectivity index (χ2n) is 4.14. The van der Waals surface area contributed by atoms with E-state index in [1.807, 2.05) is 19.1 Å². The minimum absolute atomic E-state index is 0.117. The van der Waals surface area contributed by atoms with Gasteiger partial charge in [-0.1, -0.05) is 13.0 Å². The Labute approximate surface area is 114 Å². The first-order valence-electron chi connectivity index (χ1n) is 5.97. The van der Waals surface area contributed by atoms with E-state index in [0.29, 0.717) is 0 Å². The third-order valence-corrected chi connectivity index (χ3v) is 4.27. The lowest BCUT2D eigenvalue weighted by molar-refractivity contribution is 0.435. The van der Waals surface area contributed by atoms with Gasteiger partial charge in [-0.15, -0.1) is 11.3 Å². The van der Waals surface area contributed by atoms with E-state index in [4.69, 9.17) is 0 Å². The molecular formula is C14H14F3NS. The number of nitrogens with one attached hydrogen (secondary N) is 1. The van der Waals surface area contributed by atoms with Gasteiger partial charge in [0.2, 0.25) is 0 Å². The summed E-state index contributed by atoms with van der Waals surface area (Å²) in [6, 6.07) is 5.60. The summed E-state index contributed by atoms with van der Waals surface area (Å²) < 4.78 is 40.1. The van der Waals surface area contributed by atoms with E-state index in [1.54, 1.807) is 7.05 Å². The first kappa shape index (κ1) is 14.1. The fourth-order valence-electron chi connectivity index (χ4n) is 1.95. The molecular weight excluding hydrogens is 271 g/mol. The molecule has 102 valence electrons. The van der Waals surface area contributed by atoms with E-state index >= 15 is 0 Å². The summed E-state index contributed by atoms with van der Waals surface area (Å²) in [7, 11) is 1.66. The van der Waals surface area contributed by atoms with Gasteiger partial charge >= 0.3 is 0 Å². The molecule has 0 spiro atoms. The van der Waals surface area contributed by atoms with Gasteiger partial charge in [0.15, 0.2) is 17.5 Å². The van der Waals surface area contributed by atoms with Crippen molar-refractivity contribution in [3.63, 3.8) is 0 Å². The first-order chi connectivity index (χ1) is 9.08. The van der Waals surface area contributed by atoms with Crippen LogP contribution in [0, 0.1) is 17.5 Å². The van der Waals surface area contributed by atoms with Crippen molar-refractivity contribution in [2.24, 2.45) is 0 Å². The molecule has 5 heteroatoms. The van der Waals surface area contributed by atoms with Crippen LogP contribution in [0.1, 0.15) is 28.3 Å². The van der Waals surface area contributed by atoms with Crippen molar-refractivity contribution >= 4 is 11.3 Å². The minimum atomic E-state index is -1.43. The Hall–Kier alpha value is -1.33. The Morgan fingerprint density at radius 3 is 2.42 bits per heavy atom. The van der Waals surface area contributed by atoms with Crippen molar-refractivity contribution in [3.8, 4) is 0 Å². The number of rotatable bonds is 4. The second-order valence-corrected chi connectivity index (χ2v) is 5.34. The number of aryl methyl sites for hydroxylation is 1. The summed E-state index contributed by atoms with van der Waals surface area (Å²) in [5.74, 6) is -3.73. The van der Waals surface area contributed by atoms with Gasteiger partial charge in [-0.05, 0) is 31.7 Å². The summed E-state index contributed by atoms with van der Waals surface area (Å²) in [6.45, 7) is 2.03. The van der Waals surface area contributed by atoms with Crippen LogP contribution in [0.4, 0.5) is 13.2 Å². The summed E-state index contributed by atoms with van der Waals surface area (Å²) in [6.07, 6.45) is 0.890. The van der Waals surface area contributed by atoms with Crippen molar-refractivity contribution in [2.75, 3.05) is 7.05 Å². The zero-order valence-electron chi connectivity index (χ0n) is 10.6. The van der Waals surface area contributed by atoms with Crippen molar-refractivity contribution in [3.05, 3.63) is 57.0 Å².